The van der Waals surface area contributed by atoms with E-state index in [1.165, 1.54) is 51.5 Å². The molecule has 1 saturated carbocycles. The van der Waals surface area contributed by atoms with Gasteiger partial charge in [0.25, 0.3) is 0 Å². The summed E-state index contributed by atoms with van der Waals surface area (Å²) >= 11 is 0. The molecule has 0 aromatic heterocycles. The van der Waals surface area contributed by atoms with Gasteiger partial charge in [0.15, 0.2) is 0 Å². The number of para-hydroxylation sites is 1. The van der Waals surface area contributed by atoms with Crippen molar-refractivity contribution in [3.63, 3.8) is 0 Å². The van der Waals surface area contributed by atoms with Gasteiger partial charge in [-0.1, -0.05) is 65.2 Å². The van der Waals surface area contributed by atoms with Gasteiger partial charge in [0.1, 0.15) is 0 Å². The molecule has 1 atom stereocenters. The molecule has 0 radical (unpaired) electrons. The van der Waals surface area contributed by atoms with Gasteiger partial charge in [-0.15, -0.1) is 0 Å². The van der Waals surface area contributed by atoms with Crippen molar-refractivity contribution in [2.24, 2.45) is 5.41 Å². The Labute approximate surface area is 156 Å². The maximum atomic E-state index is 2.83. The summed E-state index contributed by atoms with van der Waals surface area (Å²) in [7, 11) is 0. The first-order chi connectivity index (χ1) is 11.8. The third kappa shape index (κ3) is 3.49. The number of benzene rings is 1. The van der Waals surface area contributed by atoms with Crippen molar-refractivity contribution in [1.82, 2.24) is 0 Å². The van der Waals surface area contributed by atoms with Gasteiger partial charge in [0, 0.05) is 17.8 Å². The van der Waals surface area contributed by atoms with Crippen LogP contribution in [0.3, 0.4) is 0 Å². The molecule has 1 aliphatic carbocycles. The minimum absolute atomic E-state index is 0.268. The molecule has 0 bridgehead atoms. The molecule has 0 N–H and O–H groups in total. The molecule has 1 heteroatoms. The second-order valence-electron chi connectivity index (χ2n) is 9.89. The van der Waals surface area contributed by atoms with Crippen LogP contribution in [0.15, 0.2) is 18.2 Å². The highest BCUT2D eigenvalue weighted by molar-refractivity contribution is 5.64. The van der Waals surface area contributed by atoms with Gasteiger partial charge in [-0.2, -0.15) is 0 Å². The van der Waals surface area contributed by atoms with E-state index in [9.17, 15) is 0 Å². The maximum absolute atomic E-state index is 2.83. The highest BCUT2D eigenvalue weighted by Gasteiger charge is 2.49. The van der Waals surface area contributed by atoms with E-state index in [1.807, 2.05) is 0 Å². The summed E-state index contributed by atoms with van der Waals surface area (Å²) in [5.41, 5.74) is 5.55. The zero-order valence-electron chi connectivity index (χ0n) is 17.5. The molecule has 1 spiro atoms. The molecule has 1 saturated heterocycles. The Morgan fingerprint density at radius 2 is 1.64 bits per heavy atom. The van der Waals surface area contributed by atoms with Crippen molar-refractivity contribution in [2.45, 2.75) is 104 Å². The number of hydrogen-bond donors (Lipinski definition) is 0. The minimum atomic E-state index is 0.268. The molecule has 1 unspecified atom stereocenters. The monoisotopic (exact) mass is 341 g/mol. The largest absolute Gasteiger partial charge is 0.365 e. The first-order valence-electron chi connectivity index (χ1n) is 10.7. The van der Waals surface area contributed by atoms with Crippen molar-refractivity contribution in [1.29, 1.82) is 0 Å². The zero-order chi connectivity index (χ0) is 18.2. The first kappa shape index (κ1) is 18.8. The molecule has 1 nitrogen and oxygen atoms in total. The topological polar surface area (TPSA) is 3.24 Å². The molecule has 0 amide bonds. The fourth-order valence-electron chi connectivity index (χ4n) is 5.61. The van der Waals surface area contributed by atoms with Crippen LogP contribution in [0.1, 0.15) is 109 Å². The zero-order valence-corrected chi connectivity index (χ0v) is 17.5. The van der Waals surface area contributed by atoms with Crippen molar-refractivity contribution in [3.05, 3.63) is 29.3 Å². The van der Waals surface area contributed by atoms with Gasteiger partial charge in [0.05, 0.1) is 0 Å². The van der Waals surface area contributed by atoms with E-state index in [0.717, 1.165) is 0 Å². The number of hydrogen-bond acceptors (Lipinski definition) is 1. The van der Waals surface area contributed by atoms with Crippen LogP contribution in [0.5, 0.6) is 0 Å². The highest BCUT2D eigenvalue weighted by Crippen LogP contribution is 2.53. The maximum Gasteiger partial charge on any atom is 0.0441 e. The molecule has 1 heterocycles. The van der Waals surface area contributed by atoms with Crippen LogP contribution < -0.4 is 4.90 Å². The Bertz CT molecular complexity index is 592. The summed E-state index contributed by atoms with van der Waals surface area (Å²) in [6.07, 6.45) is 9.79. The Morgan fingerprint density at radius 1 is 1.00 bits per heavy atom. The molecular formula is C24H39N. The van der Waals surface area contributed by atoms with E-state index < -0.39 is 0 Å². The smallest absolute Gasteiger partial charge is 0.0441 e. The molecule has 2 fully saturated rings. The lowest BCUT2D eigenvalue weighted by molar-refractivity contribution is 0.204. The van der Waals surface area contributed by atoms with E-state index in [1.54, 1.807) is 16.8 Å². The summed E-state index contributed by atoms with van der Waals surface area (Å²) in [4.78, 5) is 2.83. The Balaban J connectivity index is 2.07. The van der Waals surface area contributed by atoms with Gasteiger partial charge >= 0.3 is 0 Å². The predicted octanol–water partition coefficient (Wildman–Crippen LogP) is 7.26. The minimum Gasteiger partial charge on any atom is -0.365 e. The molecule has 2 aliphatic rings. The summed E-state index contributed by atoms with van der Waals surface area (Å²) in [6.45, 7) is 15.7. The quantitative estimate of drug-likeness (QED) is 0.557. The van der Waals surface area contributed by atoms with Gasteiger partial charge in [-0.25, -0.2) is 0 Å². The van der Waals surface area contributed by atoms with Crippen molar-refractivity contribution in [3.8, 4) is 0 Å². The summed E-state index contributed by atoms with van der Waals surface area (Å²) in [5.74, 6) is 1.21. The van der Waals surface area contributed by atoms with Gasteiger partial charge in [-0.05, 0) is 67.9 Å². The molecule has 140 valence electrons. The lowest BCUT2D eigenvalue weighted by Crippen LogP contribution is -2.39. The average Bonchev–Trinajstić information content (AvgIpc) is 2.83. The number of nitrogens with zero attached hydrogens (tertiary/aromatic N) is 1. The van der Waals surface area contributed by atoms with Crippen LogP contribution in [0.25, 0.3) is 0 Å². The van der Waals surface area contributed by atoms with Crippen LogP contribution in [0.2, 0.25) is 0 Å². The summed E-state index contributed by atoms with van der Waals surface area (Å²) in [6, 6.07) is 7.07. The van der Waals surface area contributed by atoms with Crippen LogP contribution in [0, 0.1) is 5.41 Å². The number of anilines is 1. The normalized spacial score (nSPS) is 23.4. The van der Waals surface area contributed by atoms with Crippen LogP contribution in [0.4, 0.5) is 5.69 Å². The van der Waals surface area contributed by atoms with Crippen molar-refractivity contribution < 1.29 is 0 Å². The first-order valence-corrected chi connectivity index (χ1v) is 10.7. The predicted molar refractivity (Wildman–Crippen MR) is 111 cm³/mol. The second-order valence-corrected chi connectivity index (χ2v) is 9.89. The molecule has 1 aliphatic heterocycles. The van der Waals surface area contributed by atoms with Crippen molar-refractivity contribution in [2.75, 3.05) is 11.4 Å². The summed E-state index contributed by atoms with van der Waals surface area (Å²) < 4.78 is 0. The van der Waals surface area contributed by atoms with E-state index in [-0.39, 0.29) is 5.54 Å². The third-order valence-corrected chi connectivity index (χ3v) is 7.08. The molecule has 25 heavy (non-hydrogen) atoms. The average molecular weight is 342 g/mol. The van der Waals surface area contributed by atoms with Crippen molar-refractivity contribution >= 4 is 5.69 Å². The SMILES string of the molecule is CCC(C)c1cccc(C(C)C)c1N1CC2(CCCCC2)CC1(C)C. The lowest BCUT2D eigenvalue weighted by Gasteiger charge is -2.38. The lowest BCUT2D eigenvalue weighted by atomic mass is 9.71. The summed E-state index contributed by atoms with van der Waals surface area (Å²) in [5, 5.41) is 0. The van der Waals surface area contributed by atoms with E-state index in [2.05, 4.69) is 64.6 Å². The van der Waals surface area contributed by atoms with Gasteiger partial charge in [-0.3, -0.25) is 0 Å². The molecule has 1 aromatic rings. The van der Waals surface area contributed by atoms with E-state index in [0.29, 0.717) is 17.3 Å². The third-order valence-electron chi connectivity index (χ3n) is 7.08. The van der Waals surface area contributed by atoms with Gasteiger partial charge < -0.3 is 4.90 Å². The number of rotatable bonds is 4. The van der Waals surface area contributed by atoms with Crippen LogP contribution in [-0.2, 0) is 0 Å². The van der Waals surface area contributed by atoms with Crippen LogP contribution in [-0.4, -0.2) is 12.1 Å². The Morgan fingerprint density at radius 3 is 2.24 bits per heavy atom. The van der Waals surface area contributed by atoms with E-state index in [4.69, 9.17) is 0 Å². The molecule has 1 aromatic carbocycles. The Hall–Kier alpha value is -0.980. The fraction of sp³-hybridized carbons (Fsp3) is 0.750. The highest BCUT2D eigenvalue weighted by atomic mass is 15.2. The second kappa shape index (κ2) is 6.97. The van der Waals surface area contributed by atoms with Gasteiger partial charge in [0.2, 0.25) is 0 Å². The van der Waals surface area contributed by atoms with Crippen LogP contribution >= 0.6 is 0 Å². The Kier molecular flexibility index (Phi) is 5.24. The van der Waals surface area contributed by atoms with E-state index >= 15 is 0 Å². The fourth-order valence-corrected chi connectivity index (χ4v) is 5.61. The standard InChI is InChI=1S/C24H39N/c1-7-19(4)21-13-11-12-20(18(2)3)22(21)25-17-24(16-23(25,5)6)14-9-8-10-15-24/h11-13,18-19H,7-10,14-17H2,1-6H3. The molecular weight excluding hydrogens is 302 g/mol. The molecule has 3 rings (SSSR count).